The second-order valence-electron chi connectivity index (χ2n) is 4.59. The lowest BCUT2D eigenvalue weighted by atomic mass is 10.2. The van der Waals surface area contributed by atoms with Crippen LogP contribution in [0.5, 0.6) is 0 Å². The van der Waals surface area contributed by atoms with Gasteiger partial charge in [-0.05, 0) is 24.2 Å². The maximum Gasteiger partial charge on any atom is 0.153 e. The molecule has 0 bridgehead atoms. The molecule has 0 radical (unpaired) electrons. The largest absolute Gasteiger partial charge is 0.369 e. The summed E-state index contributed by atoms with van der Waals surface area (Å²) in [7, 11) is -2.80. The van der Waals surface area contributed by atoms with Gasteiger partial charge in [-0.1, -0.05) is 19.1 Å². The molecule has 100 valence electrons. The molecule has 0 saturated carbocycles. The Balaban J connectivity index is 1.98. The highest BCUT2D eigenvalue weighted by atomic mass is 32.2. The molecule has 1 aliphatic rings. The first kappa shape index (κ1) is 13.4. The normalized spacial score (nSPS) is 18.8. The molecule has 1 N–H and O–H groups in total. The van der Waals surface area contributed by atoms with Gasteiger partial charge in [0, 0.05) is 25.3 Å². The van der Waals surface area contributed by atoms with Gasteiger partial charge in [0.25, 0.3) is 0 Å². The van der Waals surface area contributed by atoms with Crippen LogP contribution < -0.4 is 10.2 Å². The second-order valence-corrected chi connectivity index (χ2v) is 6.89. The fourth-order valence-corrected chi connectivity index (χ4v) is 3.27. The zero-order valence-electron chi connectivity index (χ0n) is 10.7. The summed E-state index contributed by atoms with van der Waals surface area (Å²) in [5, 5.41) is 3.28. The van der Waals surface area contributed by atoms with Gasteiger partial charge in [-0.3, -0.25) is 0 Å². The Morgan fingerprint density at radius 2 is 1.78 bits per heavy atom. The Labute approximate surface area is 109 Å². The Bertz CT molecular complexity index is 468. The molecular weight excluding hydrogens is 248 g/mol. The number of rotatable bonds is 4. The van der Waals surface area contributed by atoms with E-state index in [1.54, 1.807) is 0 Å². The molecule has 0 aromatic heterocycles. The molecule has 5 heteroatoms. The number of nitrogens with zero attached hydrogens (tertiary/aromatic N) is 1. The minimum atomic E-state index is -2.80. The third kappa shape index (κ3) is 3.46. The molecule has 0 amide bonds. The molecule has 1 saturated heterocycles. The van der Waals surface area contributed by atoms with Crippen LogP contribution in [0, 0.1) is 0 Å². The van der Waals surface area contributed by atoms with Crippen molar-refractivity contribution in [2.45, 2.75) is 13.5 Å². The lowest BCUT2D eigenvalue weighted by Crippen LogP contribution is -2.40. The zero-order valence-corrected chi connectivity index (χ0v) is 11.5. The van der Waals surface area contributed by atoms with Crippen molar-refractivity contribution in [3.63, 3.8) is 0 Å². The average molecular weight is 268 g/mol. The van der Waals surface area contributed by atoms with Crippen LogP contribution in [-0.2, 0) is 16.4 Å². The van der Waals surface area contributed by atoms with Crippen molar-refractivity contribution in [3.05, 3.63) is 29.8 Å². The molecule has 1 aromatic carbocycles. The highest BCUT2D eigenvalue weighted by Crippen LogP contribution is 2.18. The summed E-state index contributed by atoms with van der Waals surface area (Å²) >= 11 is 0. The van der Waals surface area contributed by atoms with Gasteiger partial charge in [0.1, 0.15) is 0 Å². The Kier molecular flexibility index (Phi) is 4.24. The summed E-state index contributed by atoms with van der Waals surface area (Å²) in [5.41, 5.74) is 2.37. The van der Waals surface area contributed by atoms with E-state index >= 15 is 0 Å². The third-order valence-electron chi connectivity index (χ3n) is 3.23. The molecule has 1 heterocycles. The lowest BCUT2D eigenvalue weighted by molar-refractivity contribution is 0.587. The van der Waals surface area contributed by atoms with Crippen molar-refractivity contribution in [1.82, 2.24) is 5.32 Å². The number of anilines is 1. The first-order valence-electron chi connectivity index (χ1n) is 6.36. The van der Waals surface area contributed by atoms with Crippen molar-refractivity contribution < 1.29 is 8.42 Å². The van der Waals surface area contributed by atoms with Gasteiger partial charge in [0.2, 0.25) is 0 Å². The Morgan fingerprint density at radius 1 is 1.17 bits per heavy atom. The van der Waals surface area contributed by atoms with Crippen LogP contribution in [0.1, 0.15) is 12.5 Å². The SMILES string of the molecule is CCNCc1ccc(N2CCS(=O)(=O)CC2)cc1. The lowest BCUT2D eigenvalue weighted by Gasteiger charge is -2.28. The van der Waals surface area contributed by atoms with Gasteiger partial charge < -0.3 is 10.2 Å². The first-order chi connectivity index (χ1) is 8.61. The smallest absolute Gasteiger partial charge is 0.153 e. The molecular formula is C13H20N2O2S. The Hall–Kier alpha value is -1.07. The van der Waals surface area contributed by atoms with Crippen LogP contribution in [0.15, 0.2) is 24.3 Å². The van der Waals surface area contributed by atoms with Crippen molar-refractivity contribution in [2.24, 2.45) is 0 Å². The van der Waals surface area contributed by atoms with E-state index in [0.717, 1.165) is 18.8 Å². The zero-order chi connectivity index (χ0) is 13.0. The number of sulfone groups is 1. The predicted octanol–water partition coefficient (Wildman–Crippen LogP) is 1.03. The second kappa shape index (κ2) is 5.71. The van der Waals surface area contributed by atoms with Gasteiger partial charge in [-0.15, -0.1) is 0 Å². The van der Waals surface area contributed by atoms with E-state index in [1.165, 1.54) is 5.56 Å². The van der Waals surface area contributed by atoms with Crippen LogP contribution >= 0.6 is 0 Å². The van der Waals surface area contributed by atoms with Gasteiger partial charge in [-0.25, -0.2) is 8.42 Å². The van der Waals surface area contributed by atoms with E-state index in [0.29, 0.717) is 13.1 Å². The van der Waals surface area contributed by atoms with E-state index in [2.05, 4.69) is 41.4 Å². The van der Waals surface area contributed by atoms with Crippen molar-refractivity contribution in [3.8, 4) is 0 Å². The quantitative estimate of drug-likeness (QED) is 0.886. The first-order valence-corrected chi connectivity index (χ1v) is 8.18. The van der Waals surface area contributed by atoms with Crippen LogP contribution in [0.2, 0.25) is 0 Å². The number of benzene rings is 1. The molecule has 2 rings (SSSR count). The molecule has 18 heavy (non-hydrogen) atoms. The maximum atomic E-state index is 11.4. The molecule has 4 nitrogen and oxygen atoms in total. The molecule has 1 aromatic rings. The van der Waals surface area contributed by atoms with E-state index in [4.69, 9.17) is 0 Å². The maximum absolute atomic E-state index is 11.4. The van der Waals surface area contributed by atoms with Crippen LogP contribution in [0.3, 0.4) is 0 Å². The molecule has 0 aliphatic carbocycles. The Morgan fingerprint density at radius 3 is 2.33 bits per heavy atom. The highest BCUT2D eigenvalue weighted by Gasteiger charge is 2.21. The van der Waals surface area contributed by atoms with Crippen molar-refractivity contribution in [2.75, 3.05) is 36.0 Å². The fourth-order valence-electron chi connectivity index (χ4n) is 2.06. The van der Waals surface area contributed by atoms with Crippen LogP contribution in [0.25, 0.3) is 0 Å². The number of hydrogen-bond acceptors (Lipinski definition) is 4. The average Bonchev–Trinajstić information content (AvgIpc) is 2.37. The monoisotopic (exact) mass is 268 g/mol. The van der Waals surface area contributed by atoms with E-state index in [-0.39, 0.29) is 11.5 Å². The van der Waals surface area contributed by atoms with E-state index < -0.39 is 9.84 Å². The van der Waals surface area contributed by atoms with Crippen LogP contribution in [0.4, 0.5) is 5.69 Å². The van der Waals surface area contributed by atoms with Gasteiger partial charge in [0.15, 0.2) is 9.84 Å². The molecule has 1 fully saturated rings. The van der Waals surface area contributed by atoms with E-state index in [1.807, 2.05) is 0 Å². The molecule has 0 spiro atoms. The van der Waals surface area contributed by atoms with Gasteiger partial charge >= 0.3 is 0 Å². The fraction of sp³-hybridized carbons (Fsp3) is 0.538. The number of hydrogen-bond donors (Lipinski definition) is 1. The molecule has 1 aliphatic heterocycles. The minimum Gasteiger partial charge on any atom is -0.369 e. The van der Waals surface area contributed by atoms with Gasteiger partial charge in [-0.2, -0.15) is 0 Å². The van der Waals surface area contributed by atoms with Crippen LogP contribution in [-0.4, -0.2) is 39.6 Å². The highest BCUT2D eigenvalue weighted by molar-refractivity contribution is 7.91. The predicted molar refractivity (Wildman–Crippen MR) is 74.7 cm³/mol. The summed E-state index contributed by atoms with van der Waals surface area (Å²) in [6.45, 7) is 5.14. The van der Waals surface area contributed by atoms with Gasteiger partial charge in [0.05, 0.1) is 11.5 Å². The summed E-state index contributed by atoms with van der Waals surface area (Å²) in [4.78, 5) is 2.14. The van der Waals surface area contributed by atoms with Crippen molar-refractivity contribution >= 4 is 15.5 Å². The minimum absolute atomic E-state index is 0.270. The number of nitrogens with one attached hydrogen (secondary N) is 1. The standard InChI is InChI=1S/C13H20N2O2S/c1-2-14-11-12-3-5-13(6-4-12)15-7-9-18(16,17)10-8-15/h3-6,14H,2,7-11H2,1H3. The summed E-state index contributed by atoms with van der Waals surface area (Å²) in [5.74, 6) is 0.540. The summed E-state index contributed by atoms with van der Waals surface area (Å²) in [6.07, 6.45) is 0. The van der Waals surface area contributed by atoms with E-state index in [9.17, 15) is 8.42 Å². The summed E-state index contributed by atoms with van der Waals surface area (Å²) in [6, 6.07) is 8.34. The molecule has 0 unspecified atom stereocenters. The summed E-state index contributed by atoms with van der Waals surface area (Å²) < 4.78 is 22.7. The third-order valence-corrected chi connectivity index (χ3v) is 4.83. The topological polar surface area (TPSA) is 49.4 Å². The van der Waals surface area contributed by atoms with Crippen molar-refractivity contribution in [1.29, 1.82) is 0 Å². The molecule has 0 atom stereocenters.